The number of hydrogen-bond acceptors (Lipinski definition) is 3. The molecular weight excluding hydrogens is 394 g/mol. The number of ketones is 1. The lowest BCUT2D eigenvalue weighted by Gasteiger charge is -2.07. The molecule has 0 bridgehead atoms. The zero-order chi connectivity index (χ0) is 18.6. The van der Waals surface area contributed by atoms with Gasteiger partial charge in [-0.3, -0.25) is 4.79 Å². The molecule has 4 nitrogen and oxygen atoms in total. The number of nitriles is 1. The van der Waals surface area contributed by atoms with Crippen LogP contribution < -0.4 is 4.74 Å². The average Bonchev–Trinajstić information content (AvgIpc) is 2.99. The van der Waals surface area contributed by atoms with Crippen LogP contribution in [0.5, 0.6) is 5.75 Å². The first-order valence-corrected chi connectivity index (χ1v) is 8.17. The van der Waals surface area contributed by atoms with Crippen LogP contribution in [0.3, 0.4) is 0 Å². The summed E-state index contributed by atoms with van der Waals surface area (Å²) in [6.07, 6.45) is 0.727. The number of aromatic nitrogens is 1. The standard InChI is InChI=1S/C18H15BrF2N2O2/c1-3-10(2)4-12(8-22)18(24)15-5-11-6-16(25-9-17(20)21)13(19)7-14(11)23-15/h3-7,17,23H,9H2,1-2H3/b10-3-,12-4+. The van der Waals surface area contributed by atoms with Gasteiger partial charge in [0.25, 0.3) is 6.43 Å². The normalized spacial score (nSPS) is 12.5. The molecule has 0 fully saturated rings. The number of carbonyl (C=O) groups is 1. The molecule has 0 spiro atoms. The maximum atomic E-state index is 12.5. The van der Waals surface area contributed by atoms with Gasteiger partial charge in [0.15, 0.2) is 0 Å². The van der Waals surface area contributed by atoms with E-state index < -0.39 is 18.8 Å². The Hall–Kier alpha value is -2.46. The number of alkyl halides is 2. The molecule has 0 unspecified atom stereocenters. The minimum atomic E-state index is -2.58. The fourth-order valence-corrected chi connectivity index (χ4v) is 2.58. The van der Waals surface area contributed by atoms with E-state index in [1.165, 1.54) is 6.08 Å². The molecule has 130 valence electrons. The Balaban J connectivity index is 2.39. The predicted molar refractivity (Wildman–Crippen MR) is 95.0 cm³/mol. The van der Waals surface area contributed by atoms with Gasteiger partial charge in [-0.05, 0) is 54.1 Å². The molecule has 0 amide bonds. The molecule has 0 aliphatic heterocycles. The smallest absolute Gasteiger partial charge is 0.272 e. The van der Waals surface area contributed by atoms with Crippen molar-refractivity contribution in [2.45, 2.75) is 20.3 Å². The van der Waals surface area contributed by atoms with E-state index in [1.54, 1.807) is 31.2 Å². The molecule has 0 saturated carbocycles. The molecule has 2 rings (SSSR count). The summed E-state index contributed by atoms with van der Waals surface area (Å²) < 4.78 is 30.1. The van der Waals surface area contributed by atoms with Gasteiger partial charge in [0, 0.05) is 10.9 Å². The van der Waals surface area contributed by atoms with Crippen molar-refractivity contribution in [3.8, 4) is 11.8 Å². The summed E-state index contributed by atoms with van der Waals surface area (Å²) in [5, 5.41) is 9.83. The number of nitrogens with zero attached hydrogens (tertiary/aromatic N) is 1. The van der Waals surface area contributed by atoms with Crippen molar-refractivity contribution < 1.29 is 18.3 Å². The number of nitrogens with one attached hydrogen (secondary N) is 1. The van der Waals surface area contributed by atoms with E-state index in [0.29, 0.717) is 15.4 Å². The molecule has 7 heteroatoms. The number of aromatic amines is 1. The Labute approximate surface area is 151 Å². The molecule has 0 aliphatic rings. The maximum Gasteiger partial charge on any atom is 0.272 e. The van der Waals surface area contributed by atoms with Gasteiger partial charge in [-0.2, -0.15) is 5.26 Å². The van der Waals surface area contributed by atoms with Gasteiger partial charge >= 0.3 is 0 Å². The van der Waals surface area contributed by atoms with Crippen LogP contribution >= 0.6 is 15.9 Å². The minimum Gasteiger partial charge on any atom is -0.486 e. The number of H-pyrrole nitrogens is 1. The topological polar surface area (TPSA) is 65.9 Å². The van der Waals surface area contributed by atoms with Gasteiger partial charge in [0.05, 0.1) is 10.2 Å². The molecular formula is C18H15BrF2N2O2. The Kier molecular flexibility index (Phi) is 6.10. The maximum absolute atomic E-state index is 12.5. The number of carbonyl (C=O) groups excluding carboxylic acids is 1. The van der Waals surface area contributed by atoms with Crippen LogP contribution in [-0.4, -0.2) is 23.8 Å². The zero-order valence-electron chi connectivity index (χ0n) is 13.6. The Morgan fingerprint density at radius 3 is 2.76 bits per heavy atom. The van der Waals surface area contributed by atoms with Crippen LogP contribution in [0, 0.1) is 11.3 Å². The van der Waals surface area contributed by atoms with Crippen molar-refractivity contribution in [1.82, 2.24) is 4.98 Å². The van der Waals surface area contributed by atoms with Crippen LogP contribution in [-0.2, 0) is 0 Å². The molecule has 1 heterocycles. The Morgan fingerprint density at radius 2 is 2.16 bits per heavy atom. The molecule has 0 atom stereocenters. The van der Waals surface area contributed by atoms with Crippen LogP contribution in [0.25, 0.3) is 10.9 Å². The molecule has 2 aromatic rings. The number of allylic oxidation sites excluding steroid dienone is 4. The van der Waals surface area contributed by atoms with Crippen LogP contribution in [0.4, 0.5) is 8.78 Å². The fourth-order valence-electron chi connectivity index (χ4n) is 2.12. The number of benzene rings is 1. The van der Waals surface area contributed by atoms with Gasteiger partial charge in [-0.25, -0.2) is 8.78 Å². The van der Waals surface area contributed by atoms with Gasteiger partial charge < -0.3 is 9.72 Å². The van der Waals surface area contributed by atoms with Crippen LogP contribution in [0.2, 0.25) is 0 Å². The van der Waals surface area contributed by atoms with E-state index in [0.717, 1.165) is 5.57 Å². The summed E-state index contributed by atoms with van der Waals surface area (Å²) >= 11 is 3.25. The number of Topliss-reactive ketones (excluding diaryl/α,β-unsaturated/α-hetero) is 1. The molecule has 1 aromatic heterocycles. The van der Waals surface area contributed by atoms with Gasteiger partial charge in [0.1, 0.15) is 24.0 Å². The predicted octanol–water partition coefficient (Wildman–Crippen LogP) is 5.17. The third kappa shape index (κ3) is 4.54. The number of fused-ring (bicyclic) bond motifs is 1. The molecule has 1 N–H and O–H groups in total. The molecule has 0 aliphatic carbocycles. The summed E-state index contributed by atoms with van der Waals surface area (Å²) in [5.41, 5.74) is 1.67. The zero-order valence-corrected chi connectivity index (χ0v) is 15.2. The highest BCUT2D eigenvalue weighted by Crippen LogP contribution is 2.31. The number of hydrogen-bond donors (Lipinski definition) is 1. The minimum absolute atomic E-state index is 0.00963. The van der Waals surface area contributed by atoms with Crippen LogP contribution in [0.1, 0.15) is 24.3 Å². The Morgan fingerprint density at radius 1 is 1.44 bits per heavy atom. The number of ether oxygens (including phenoxy) is 1. The molecule has 25 heavy (non-hydrogen) atoms. The highest BCUT2D eigenvalue weighted by atomic mass is 79.9. The third-order valence-electron chi connectivity index (χ3n) is 3.48. The van der Waals surface area contributed by atoms with Crippen molar-refractivity contribution in [3.05, 3.63) is 51.7 Å². The summed E-state index contributed by atoms with van der Waals surface area (Å²) in [5.74, 6) is -0.183. The van der Waals surface area contributed by atoms with Gasteiger partial charge in [-0.1, -0.05) is 11.6 Å². The first-order chi connectivity index (χ1) is 11.8. The first kappa shape index (κ1) is 18.9. The SMILES string of the molecule is C/C=C(C)\C=C(/C#N)C(=O)c1cc2cc(OCC(F)F)c(Br)cc2[nH]1. The largest absolute Gasteiger partial charge is 0.486 e. The second-order valence-corrected chi connectivity index (χ2v) is 6.14. The van der Waals surface area contributed by atoms with Crippen molar-refractivity contribution in [2.75, 3.05) is 6.61 Å². The van der Waals surface area contributed by atoms with E-state index in [-0.39, 0.29) is 17.0 Å². The first-order valence-electron chi connectivity index (χ1n) is 7.38. The highest BCUT2D eigenvalue weighted by Gasteiger charge is 2.16. The van der Waals surface area contributed by atoms with E-state index in [9.17, 15) is 18.8 Å². The van der Waals surface area contributed by atoms with E-state index in [1.807, 2.05) is 13.0 Å². The van der Waals surface area contributed by atoms with Gasteiger partial charge in [0.2, 0.25) is 5.78 Å². The van der Waals surface area contributed by atoms with Crippen molar-refractivity contribution in [2.24, 2.45) is 0 Å². The lowest BCUT2D eigenvalue weighted by Crippen LogP contribution is -2.07. The number of halogens is 3. The van der Waals surface area contributed by atoms with E-state index in [4.69, 9.17) is 4.74 Å². The van der Waals surface area contributed by atoms with Crippen molar-refractivity contribution in [3.63, 3.8) is 0 Å². The molecule has 1 aromatic carbocycles. The third-order valence-corrected chi connectivity index (χ3v) is 4.09. The monoisotopic (exact) mass is 408 g/mol. The average molecular weight is 409 g/mol. The number of rotatable bonds is 6. The second kappa shape index (κ2) is 8.08. The molecule has 0 radical (unpaired) electrons. The van der Waals surface area contributed by atoms with E-state index >= 15 is 0 Å². The fraction of sp³-hybridized carbons (Fsp3) is 0.222. The lowest BCUT2D eigenvalue weighted by molar-refractivity contribution is 0.0816. The Bertz CT molecular complexity index is 908. The quantitative estimate of drug-likeness (QED) is 0.310. The second-order valence-electron chi connectivity index (χ2n) is 5.29. The molecule has 0 saturated heterocycles. The summed E-state index contributed by atoms with van der Waals surface area (Å²) in [6.45, 7) is 2.89. The van der Waals surface area contributed by atoms with Crippen molar-refractivity contribution in [1.29, 1.82) is 5.26 Å². The summed E-state index contributed by atoms with van der Waals surface area (Å²) in [4.78, 5) is 15.4. The summed E-state index contributed by atoms with van der Waals surface area (Å²) in [6, 6.07) is 6.66. The van der Waals surface area contributed by atoms with E-state index in [2.05, 4.69) is 20.9 Å². The van der Waals surface area contributed by atoms with Gasteiger partial charge in [-0.15, -0.1) is 0 Å². The van der Waals surface area contributed by atoms with Crippen LogP contribution in [0.15, 0.2) is 46.0 Å². The van der Waals surface area contributed by atoms with Crippen molar-refractivity contribution >= 4 is 32.6 Å². The highest BCUT2D eigenvalue weighted by molar-refractivity contribution is 9.10. The lowest BCUT2D eigenvalue weighted by atomic mass is 10.1. The summed E-state index contributed by atoms with van der Waals surface area (Å²) in [7, 11) is 0.